The van der Waals surface area contributed by atoms with Gasteiger partial charge in [0.2, 0.25) is 0 Å². The summed E-state index contributed by atoms with van der Waals surface area (Å²) in [6.45, 7) is 0. The van der Waals surface area contributed by atoms with E-state index in [2.05, 4.69) is 10.3 Å². The summed E-state index contributed by atoms with van der Waals surface area (Å²) in [6, 6.07) is 0. The maximum Gasteiger partial charge on any atom is 0.358 e. The summed E-state index contributed by atoms with van der Waals surface area (Å²) in [5.41, 5.74) is 0.934. The Kier molecular flexibility index (Phi) is 3.22. The molecule has 5 heteroatoms. The van der Waals surface area contributed by atoms with Gasteiger partial charge in [-0.15, -0.1) is 5.10 Å². The van der Waals surface area contributed by atoms with Gasteiger partial charge in [0.15, 0.2) is 5.69 Å². The second kappa shape index (κ2) is 4.63. The van der Waals surface area contributed by atoms with E-state index in [0.29, 0.717) is 5.92 Å². The van der Waals surface area contributed by atoms with Crippen molar-refractivity contribution in [3.63, 3.8) is 0 Å². The lowest BCUT2D eigenvalue weighted by Gasteiger charge is -2.14. The first kappa shape index (κ1) is 11.1. The molecule has 0 spiro atoms. The number of hydrogen-bond acceptors (Lipinski definition) is 3. The van der Waals surface area contributed by atoms with Crippen LogP contribution >= 0.6 is 0 Å². The van der Waals surface area contributed by atoms with Gasteiger partial charge in [-0.25, -0.2) is 4.79 Å². The number of aromatic nitrogens is 3. The van der Waals surface area contributed by atoms with Gasteiger partial charge in [-0.1, -0.05) is 30.9 Å². The normalized spacial score (nSPS) is 18.3. The van der Waals surface area contributed by atoms with Crippen molar-refractivity contribution in [3.05, 3.63) is 11.4 Å². The van der Waals surface area contributed by atoms with E-state index < -0.39 is 5.97 Å². The fourth-order valence-corrected chi connectivity index (χ4v) is 2.53. The summed E-state index contributed by atoms with van der Waals surface area (Å²) in [6.07, 6.45) is 6.97. The number of nitrogens with zero attached hydrogens (tertiary/aromatic N) is 3. The summed E-state index contributed by atoms with van der Waals surface area (Å²) in [5.74, 6) is -0.652. The Labute approximate surface area is 94.5 Å². The maximum absolute atomic E-state index is 11.0. The van der Waals surface area contributed by atoms with Crippen LogP contribution in [0.25, 0.3) is 0 Å². The predicted octanol–water partition coefficient (Wildman–Crippen LogP) is 1.95. The fourth-order valence-electron chi connectivity index (χ4n) is 2.53. The van der Waals surface area contributed by atoms with Crippen molar-refractivity contribution < 1.29 is 9.90 Å². The van der Waals surface area contributed by atoms with E-state index in [1.165, 1.54) is 25.7 Å². The third kappa shape index (κ3) is 2.08. The number of carbonyl (C=O) groups is 1. The minimum Gasteiger partial charge on any atom is -0.476 e. The highest BCUT2D eigenvalue weighted by molar-refractivity contribution is 5.86. The highest BCUT2D eigenvalue weighted by Gasteiger charge is 2.25. The van der Waals surface area contributed by atoms with E-state index in [9.17, 15) is 4.79 Å². The zero-order chi connectivity index (χ0) is 11.5. The van der Waals surface area contributed by atoms with Crippen molar-refractivity contribution in [2.75, 3.05) is 0 Å². The Bertz CT molecular complexity index is 379. The number of carboxylic acid groups (broad SMARTS) is 1. The number of aryl methyl sites for hydroxylation is 1. The first-order valence-electron chi connectivity index (χ1n) is 5.83. The van der Waals surface area contributed by atoms with Crippen LogP contribution in [0.1, 0.15) is 60.6 Å². The number of carboxylic acids is 1. The van der Waals surface area contributed by atoms with Crippen molar-refractivity contribution >= 4 is 5.97 Å². The van der Waals surface area contributed by atoms with Gasteiger partial charge in [-0.05, 0) is 12.8 Å². The first-order chi connectivity index (χ1) is 7.70. The quantitative estimate of drug-likeness (QED) is 0.778. The summed E-state index contributed by atoms with van der Waals surface area (Å²) >= 11 is 0. The van der Waals surface area contributed by atoms with Crippen LogP contribution in [-0.4, -0.2) is 26.1 Å². The minimum atomic E-state index is -0.965. The smallest absolute Gasteiger partial charge is 0.358 e. The van der Waals surface area contributed by atoms with Gasteiger partial charge in [0.05, 0.1) is 5.69 Å². The Balaban J connectivity index is 2.29. The number of rotatable bonds is 2. The van der Waals surface area contributed by atoms with Crippen LogP contribution in [0.4, 0.5) is 0 Å². The molecule has 16 heavy (non-hydrogen) atoms. The topological polar surface area (TPSA) is 68.0 Å². The molecule has 0 bridgehead atoms. The molecule has 1 N–H and O–H groups in total. The van der Waals surface area contributed by atoms with Crippen molar-refractivity contribution in [3.8, 4) is 0 Å². The SMILES string of the molecule is Cn1nnc(C(=O)O)c1C1CCCCCC1. The van der Waals surface area contributed by atoms with E-state index in [1.54, 1.807) is 11.7 Å². The monoisotopic (exact) mass is 223 g/mol. The Morgan fingerprint density at radius 3 is 2.50 bits per heavy atom. The van der Waals surface area contributed by atoms with Gasteiger partial charge >= 0.3 is 5.97 Å². The summed E-state index contributed by atoms with van der Waals surface area (Å²) < 4.78 is 1.62. The second-order valence-electron chi connectivity index (χ2n) is 4.44. The molecular weight excluding hydrogens is 206 g/mol. The first-order valence-corrected chi connectivity index (χ1v) is 5.83. The van der Waals surface area contributed by atoms with E-state index in [0.717, 1.165) is 18.5 Å². The van der Waals surface area contributed by atoms with Crippen LogP contribution < -0.4 is 0 Å². The molecule has 0 saturated heterocycles. The molecule has 1 aromatic heterocycles. The van der Waals surface area contributed by atoms with Crippen LogP contribution in [0.5, 0.6) is 0 Å². The van der Waals surface area contributed by atoms with E-state index in [-0.39, 0.29) is 5.69 Å². The molecule has 1 aliphatic rings. The molecule has 0 aliphatic heterocycles. The zero-order valence-corrected chi connectivity index (χ0v) is 9.52. The standard InChI is InChI=1S/C11H17N3O2/c1-14-10(9(11(15)16)12-13-14)8-6-4-2-3-5-7-8/h8H,2-7H2,1H3,(H,15,16). The van der Waals surface area contributed by atoms with Gasteiger partial charge in [-0.2, -0.15) is 0 Å². The van der Waals surface area contributed by atoms with Gasteiger partial charge in [0.25, 0.3) is 0 Å². The average molecular weight is 223 g/mol. The molecule has 0 aromatic carbocycles. The van der Waals surface area contributed by atoms with Gasteiger partial charge < -0.3 is 5.11 Å². The summed E-state index contributed by atoms with van der Waals surface area (Å²) in [5, 5.41) is 16.6. The number of aromatic carboxylic acids is 1. The maximum atomic E-state index is 11.0. The largest absolute Gasteiger partial charge is 0.476 e. The van der Waals surface area contributed by atoms with Crippen LogP contribution in [-0.2, 0) is 7.05 Å². The molecule has 0 radical (unpaired) electrons. The molecular formula is C11H17N3O2. The fraction of sp³-hybridized carbons (Fsp3) is 0.727. The van der Waals surface area contributed by atoms with E-state index >= 15 is 0 Å². The lowest BCUT2D eigenvalue weighted by molar-refractivity contribution is 0.0688. The number of hydrogen-bond donors (Lipinski definition) is 1. The van der Waals surface area contributed by atoms with E-state index in [1.807, 2.05) is 0 Å². The predicted molar refractivity (Wildman–Crippen MR) is 58.4 cm³/mol. The van der Waals surface area contributed by atoms with Crippen molar-refractivity contribution in [1.82, 2.24) is 15.0 Å². The van der Waals surface area contributed by atoms with Crippen LogP contribution in [0.15, 0.2) is 0 Å². The molecule has 0 atom stereocenters. The Morgan fingerprint density at radius 2 is 1.94 bits per heavy atom. The average Bonchev–Trinajstić information content (AvgIpc) is 2.50. The third-order valence-electron chi connectivity index (χ3n) is 3.31. The molecule has 1 saturated carbocycles. The van der Waals surface area contributed by atoms with Gasteiger partial charge in [0.1, 0.15) is 0 Å². The molecule has 1 heterocycles. The molecule has 5 nitrogen and oxygen atoms in total. The Hall–Kier alpha value is -1.39. The lowest BCUT2D eigenvalue weighted by Crippen LogP contribution is -2.10. The summed E-state index contributed by atoms with van der Waals surface area (Å²) in [4.78, 5) is 11.0. The molecule has 0 unspecified atom stereocenters. The van der Waals surface area contributed by atoms with Crippen molar-refractivity contribution in [2.45, 2.75) is 44.4 Å². The molecule has 0 amide bonds. The molecule has 1 fully saturated rings. The Morgan fingerprint density at radius 1 is 1.31 bits per heavy atom. The summed E-state index contributed by atoms with van der Waals surface area (Å²) in [7, 11) is 1.78. The van der Waals surface area contributed by atoms with Crippen LogP contribution in [0, 0.1) is 0 Å². The molecule has 1 aliphatic carbocycles. The lowest BCUT2D eigenvalue weighted by atomic mass is 9.95. The zero-order valence-electron chi connectivity index (χ0n) is 9.52. The van der Waals surface area contributed by atoms with E-state index in [4.69, 9.17) is 5.11 Å². The van der Waals surface area contributed by atoms with Crippen LogP contribution in [0.2, 0.25) is 0 Å². The van der Waals surface area contributed by atoms with Crippen molar-refractivity contribution in [1.29, 1.82) is 0 Å². The highest BCUT2D eigenvalue weighted by Crippen LogP contribution is 2.32. The highest BCUT2D eigenvalue weighted by atomic mass is 16.4. The molecule has 1 aromatic rings. The second-order valence-corrected chi connectivity index (χ2v) is 4.44. The van der Waals surface area contributed by atoms with Gasteiger partial charge in [-0.3, -0.25) is 4.68 Å². The molecule has 2 rings (SSSR count). The van der Waals surface area contributed by atoms with Gasteiger partial charge in [0, 0.05) is 13.0 Å². The minimum absolute atomic E-state index is 0.134. The molecule has 88 valence electrons. The van der Waals surface area contributed by atoms with Crippen LogP contribution in [0.3, 0.4) is 0 Å². The third-order valence-corrected chi connectivity index (χ3v) is 3.31. The van der Waals surface area contributed by atoms with Crippen molar-refractivity contribution in [2.24, 2.45) is 7.05 Å².